The van der Waals surface area contributed by atoms with Gasteiger partial charge in [0, 0.05) is 5.39 Å². The van der Waals surface area contributed by atoms with Gasteiger partial charge in [0.2, 0.25) is 0 Å². The Labute approximate surface area is 154 Å². The summed E-state index contributed by atoms with van der Waals surface area (Å²) in [6.07, 6.45) is -11.1. The first kappa shape index (κ1) is 19.8. The van der Waals surface area contributed by atoms with Crippen molar-refractivity contribution in [2.24, 2.45) is 0 Å². The molecule has 0 aliphatic heterocycles. The molecule has 1 heterocycles. The van der Waals surface area contributed by atoms with E-state index in [2.05, 4.69) is 0 Å². The van der Waals surface area contributed by atoms with Crippen LogP contribution in [-0.4, -0.2) is 5.97 Å². The van der Waals surface area contributed by atoms with Crippen molar-refractivity contribution < 1.29 is 40.3 Å². The van der Waals surface area contributed by atoms with Crippen LogP contribution in [0.15, 0.2) is 52.9 Å². The molecule has 0 bridgehead atoms. The molecule has 9 heteroatoms. The minimum absolute atomic E-state index is 0.0561. The lowest BCUT2D eigenvalue weighted by molar-refractivity contribution is -0.143. The van der Waals surface area contributed by atoms with Crippen molar-refractivity contribution in [1.82, 2.24) is 0 Å². The molecule has 0 radical (unpaired) electrons. The molecule has 3 nitrogen and oxygen atoms in total. The lowest BCUT2D eigenvalue weighted by Gasteiger charge is -2.15. The van der Waals surface area contributed by atoms with Crippen molar-refractivity contribution in [2.75, 3.05) is 0 Å². The number of para-hydroxylation sites is 1. The van der Waals surface area contributed by atoms with E-state index >= 15 is 0 Å². The first-order chi connectivity index (χ1) is 12.9. The number of ether oxygens (including phenoxy) is 1. The summed E-state index contributed by atoms with van der Waals surface area (Å²) in [5.41, 5.74) is -3.54. The fraction of sp³-hybridized carbons (Fsp3) is 0.211. The van der Waals surface area contributed by atoms with E-state index in [1.807, 2.05) is 0 Å². The highest BCUT2D eigenvalue weighted by Gasteiger charge is 2.37. The quantitative estimate of drug-likeness (QED) is 0.377. The van der Waals surface area contributed by atoms with Gasteiger partial charge in [0.05, 0.1) is 16.7 Å². The van der Waals surface area contributed by atoms with Gasteiger partial charge in [0.1, 0.15) is 11.3 Å². The van der Waals surface area contributed by atoms with Gasteiger partial charge < -0.3 is 9.15 Å². The summed E-state index contributed by atoms with van der Waals surface area (Å²) in [7, 11) is 0. The van der Waals surface area contributed by atoms with E-state index in [1.54, 1.807) is 30.3 Å². The molecule has 0 N–H and O–H groups in total. The maximum absolute atomic E-state index is 12.9. The van der Waals surface area contributed by atoms with Crippen LogP contribution in [0.2, 0.25) is 0 Å². The van der Waals surface area contributed by atoms with Crippen molar-refractivity contribution in [1.29, 1.82) is 0 Å². The van der Waals surface area contributed by atoms with E-state index in [-0.39, 0.29) is 11.8 Å². The molecule has 0 aliphatic rings. The van der Waals surface area contributed by atoms with Gasteiger partial charge in [0.25, 0.3) is 0 Å². The molecule has 0 amide bonds. The van der Waals surface area contributed by atoms with E-state index in [0.717, 1.165) is 0 Å². The minimum atomic E-state index is -5.05. The van der Waals surface area contributed by atoms with Gasteiger partial charge in [0.15, 0.2) is 6.10 Å². The number of alkyl halides is 6. The van der Waals surface area contributed by atoms with Crippen LogP contribution in [0, 0.1) is 0 Å². The van der Waals surface area contributed by atoms with Crippen molar-refractivity contribution in [3.05, 3.63) is 71.0 Å². The number of fused-ring (bicyclic) bond motifs is 1. The Morgan fingerprint density at radius 1 is 0.929 bits per heavy atom. The number of furan rings is 1. The highest BCUT2D eigenvalue weighted by atomic mass is 19.4. The predicted molar refractivity (Wildman–Crippen MR) is 86.5 cm³/mol. The number of halogens is 6. The van der Waals surface area contributed by atoms with E-state index in [9.17, 15) is 31.1 Å². The van der Waals surface area contributed by atoms with E-state index in [1.165, 1.54) is 6.92 Å². The molecule has 148 valence electrons. The zero-order valence-electron chi connectivity index (χ0n) is 14.2. The Hall–Kier alpha value is -2.97. The third kappa shape index (κ3) is 4.13. The Morgan fingerprint density at radius 3 is 2.04 bits per heavy atom. The molecule has 0 saturated heterocycles. The van der Waals surface area contributed by atoms with Crippen molar-refractivity contribution >= 4 is 16.9 Å². The highest BCUT2D eigenvalue weighted by Crippen LogP contribution is 2.37. The Balaban J connectivity index is 1.90. The Morgan fingerprint density at radius 2 is 1.50 bits per heavy atom. The molecule has 1 aromatic heterocycles. The van der Waals surface area contributed by atoms with Crippen LogP contribution in [0.5, 0.6) is 0 Å². The van der Waals surface area contributed by atoms with Crippen molar-refractivity contribution in [2.45, 2.75) is 25.4 Å². The normalized spacial score (nSPS) is 13.5. The van der Waals surface area contributed by atoms with Crippen LogP contribution in [0.25, 0.3) is 11.0 Å². The largest absolute Gasteiger partial charge is 0.457 e. The molecule has 0 unspecified atom stereocenters. The fourth-order valence-corrected chi connectivity index (χ4v) is 2.56. The fourth-order valence-electron chi connectivity index (χ4n) is 2.56. The standard InChI is InChI=1S/C19H12F6O3/c1-10(16-8-11-4-2-3-5-15(11)28-16)27-17(26)12-6-13(18(20,21)22)9-14(7-12)19(23,24)25/h2-10H,1H3/t10-/m0/s1. The average molecular weight is 402 g/mol. The molecular weight excluding hydrogens is 390 g/mol. The number of hydrogen-bond donors (Lipinski definition) is 0. The monoisotopic (exact) mass is 402 g/mol. The molecular formula is C19H12F6O3. The molecule has 3 rings (SSSR count). The number of carbonyl (C=O) groups excluding carboxylic acids is 1. The second kappa shape index (κ2) is 6.88. The summed E-state index contributed by atoms with van der Waals surface area (Å²) in [5.74, 6) is -1.12. The summed E-state index contributed by atoms with van der Waals surface area (Å²) in [6.45, 7) is 1.40. The van der Waals surface area contributed by atoms with Crippen LogP contribution in [0.1, 0.15) is 40.3 Å². The van der Waals surface area contributed by atoms with Crippen LogP contribution in [0.4, 0.5) is 26.3 Å². The molecule has 0 spiro atoms. The van der Waals surface area contributed by atoms with E-state index < -0.39 is 41.1 Å². The first-order valence-electron chi connectivity index (χ1n) is 7.94. The molecule has 28 heavy (non-hydrogen) atoms. The first-order valence-corrected chi connectivity index (χ1v) is 7.94. The molecule has 3 aromatic rings. The number of rotatable bonds is 3. The average Bonchev–Trinajstić information content (AvgIpc) is 3.04. The minimum Gasteiger partial charge on any atom is -0.457 e. The summed E-state index contributed by atoms with van der Waals surface area (Å²) in [6, 6.07) is 9.02. The Bertz CT molecular complexity index is 951. The highest BCUT2D eigenvalue weighted by molar-refractivity contribution is 5.90. The summed E-state index contributed by atoms with van der Waals surface area (Å²) < 4.78 is 88.0. The topological polar surface area (TPSA) is 39.4 Å². The SMILES string of the molecule is C[C@H](OC(=O)c1cc(C(F)(F)F)cc(C(F)(F)F)c1)c1cc2ccccc2o1. The van der Waals surface area contributed by atoms with E-state index in [0.29, 0.717) is 23.1 Å². The third-order valence-electron chi connectivity index (χ3n) is 3.95. The van der Waals surface area contributed by atoms with E-state index in [4.69, 9.17) is 9.15 Å². The number of hydrogen-bond acceptors (Lipinski definition) is 3. The molecule has 2 aromatic carbocycles. The second-order valence-corrected chi connectivity index (χ2v) is 6.03. The van der Waals surface area contributed by atoms with Gasteiger partial charge >= 0.3 is 18.3 Å². The van der Waals surface area contributed by atoms with Crippen LogP contribution in [0.3, 0.4) is 0 Å². The van der Waals surface area contributed by atoms with Crippen LogP contribution in [-0.2, 0) is 17.1 Å². The zero-order chi connectivity index (χ0) is 20.7. The molecule has 0 saturated carbocycles. The predicted octanol–water partition coefficient (Wildman–Crippen LogP) is 6.39. The molecule has 0 fully saturated rings. The van der Waals surface area contributed by atoms with Gasteiger partial charge in [-0.15, -0.1) is 0 Å². The molecule has 1 atom stereocenters. The van der Waals surface area contributed by atoms with Crippen molar-refractivity contribution in [3.8, 4) is 0 Å². The lowest BCUT2D eigenvalue weighted by atomic mass is 10.0. The summed E-state index contributed by atoms with van der Waals surface area (Å²) in [4.78, 5) is 12.2. The third-order valence-corrected chi connectivity index (χ3v) is 3.95. The summed E-state index contributed by atoms with van der Waals surface area (Å²) >= 11 is 0. The maximum Gasteiger partial charge on any atom is 0.416 e. The van der Waals surface area contributed by atoms with Crippen LogP contribution < -0.4 is 0 Å². The number of carbonyl (C=O) groups is 1. The van der Waals surface area contributed by atoms with Gasteiger partial charge in [-0.1, -0.05) is 18.2 Å². The van der Waals surface area contributed by atoms with Gasteiger partial charge in [-0.05, 0) is 37.3 Å². The second-order valence-electron chi connectivity index (χ2n) is 6.03. The number of esters is 1. The lowest BCUT2D eigenvalue weighted by Crippen LogP contribution is -2.15. The molecule has 0 aliphatic carbocycles. The Kier molecular flexibility index (Phi) is 4.86. The smallest absolute Gasteiger partial charge is 0.416 e. The van der Waals surface area contributed by atoms with Gasteiger partial charge in [-0.2, -0.15) is 26.3 Å². The van der Waals surface area contributed by atoms with Gasteiger partial charge in [-0.25, -0.2) is 4.79 Å². The zero-order valence-corrected chi connectivity index (χ0v) is 14.2. The van der Waals surface area contributed by atoms with Gasteiger partial charge in [-0.3, -0.25) is 0 Å². The van der Waals surface area contributed by atoms with Crippen molar-refractivity contribution in [3.63, 3.8) is 0 Å². The summed E-state index contributed by atoms with van der Waals surface area (Å²) in [5, 5.41) is 0.707. The number of benzene rings is 2. The van der Waals surface area contributed by atoms with Crippen LogP contribution >= 0.6 is 0 Å². The maximum atomic E-state index is 12.9.